The fraction of sp³-hybridized carbons (Fsp3) is 0.318. The summed E-state index contributed by atoms with van der Waals surface area (Å²) >= 11 is 1.71. The second kappa shape index (κ2) is 8.21. The molecule has 2 aromatic carbocycles. The lowest BCUT2D eigenvalue weighted by molar-refractivity contribution is -0.131. The van der Waals surface area contributed by atoms with Crippen LogP contribution in [0.5, 0.6) is 5.75 Å². The van der Waals surface area contributed by atoms with E-state index in [2.05, 4.69) is 30.0 Å². The highest BCUT2D eigenvalue weighted by Crippen LogP contribution is 2.30. The predicted octanol–water partition coefficient (Wildman–Crippen LogP) is 3.75. The second-order valence-electron chi connectivity index (χ2n) is 7.05. The first-order chi connectivity index (χ1) is 14.0. The van der Waals surface area contributed by atoms with E-state index in [0.717, 1.165) is 30.2 Å². The first kappa shape index (κ1) is 19.4. The topological polar surface area (TPSA) is 62.7 Å². The molecule has 0 bridgehead atoms. The lowest BCUT2D eigenvalue weighted by Gasteiger charge is -2.34. The van der Waals surface area contributed by atoms with Gasteiger partial charge < -0.3 is 14.5 Å². The van der Waals surface area contributed by atoms with E-state index in [1.54, 1.807) is 35.6 Å². The van der Waals surface area contributed by atoms with Gasteiger partial charge in [0, 0.05) is 38.7 Å². The molecule has 29 heavy (non-hydrogen) atoms. The summed E-state index contributed by atoms with van der Waals surface area (Å²) in [5.74, 6) is -0.0523. The van der Waals surface area contributed by atoms with Gasteiger partial charge in [-0.1, -0.05) is 30.4 Å². The Balaban J connectivity index is 1.42. The van der Waals surface area contributed by atoms with Crippen LogP contribution >= 0.6 is 11.3 Å². The Bertz CT molecular complexity index is 1050. The zero-order valence-corrected chi connectivity index (χ0v) is 17.4. The van der Waals surface area contributed by atoms with Crippen molar-refractivity contribution in [1.29, 1.82) is 0 Å². The van der Waals surface area contributed by atoms with Crippen molar-refractivity contribution in [3.8, 4) is 5.75 Å². The summed E-state index contributed by atoms with van der Waals surface area (Å²) in [5, 5.41) is 1.01. The summed E-state index contributed by atoms with van der Waals surface area (Å²) in [4.78, 5) is 32.8. The zero-order chi connectivity index (χ0) is 20.4. The fourth-order valence-corrected chi connectivity index (χ4v) is 4.53. The number of carbonyl (C=O) groups is 2. The highest BCUT2D eigenvalue weighted by atomic mass is 32.1. The maximum absolute atomic E-state index is 12.8. The van der Waals surface area contributed by atoms with Crippen LogP contribution in [-0.2, 0) is 11.2 Å². The Labute approximate surface area is 173 Å². The smallest absolute Gasteiger partial charge is 0.308 e. The molecule has 1 fully saturated rings. The molecule has 4 rings (SSSR count). The van der Waals surface area contributed by atoms with E-state index in [9.17, 15) is 9.59 Å². The van der Waals surface area contributed by atoms with Crippen LogP contribution in [-0.4, -0.2) is 47.9 Å². The van der Waals surface area contributed by atoms with Gasteiger partial charge in [-0.15, -0.1) is 0 Å². The van der Waals surface area contributed by atoms with Crippen molar-refractivity contribution in [1.82, 2.24) is 9.88 Å². The number of aryl methyl sites for hydroxylation is 1. The second-order valence-corrected chi connectivity index (χ2v) is 8.06. The summed E-state index contributed by atoms with van der Waals surface area (Å²) in [7, 11) is 0. The van der Waals surface area contributed by atoms with Gasteiger partial charge in [-0.25, -0.2) is 4.98 Å². The number of piperazine rings is 1. The predicted molar refractivity (Wildman–Crippen MR) is 115 cm³/mol. The van der Waals surface area contributed by atoms with Crippen molar-refractivity contribution in [2.75, 3.05) is 31.1 Å². The quantitative estimate of drug-likeness (QED) is 0.485. The molecule has 2 heterocycles. The summed E-state index contributed by atoms with van der Waals surface area (Å²) < 4.78 is 6.30. The number of amides is 1. The Hall–Kier alpha value is -2.93. The highest BCUT2D eigenvalue weighted by molar-refractivity contribution is 7.22. The number of rotatable bonds is 4. The molecule has 7 heteroatoms. The molecule has 0 N–H and O–H groups in total. The summed E-state index contributed by atoms with van der Waals surface area (Å²) in [6, 6.07) is 13.2. The maximum atomic E-state index is 12.8. The first-order valence-corrected chi connectivity index (χ1v) is 10.6. The molecular formula is C22H23N3O3S. The molecule has 150 valence electrons. The van der Waals surface area contributed by atoms with Crippen LogP contribution in [0.1, 0.15) is 29.8 Å². The first-order valence-electron chi connectivity index (χ1n) is 9.75. The molecule has 6 nitrogen and oxygen atoms in total. The Kier molecular flexibility index (Phi) is 5.49. The minimum atomic E-state index is -0.398. The monoisotopic (exact) mass is 409 g/mol. The van der Waals surface area contributed by atoms with E-state index in [1.165, 1.54) is 17.2 Å². The Morgan fingerprint density at radius 2 is 1.90 bits per heavy atom. The molecule has 0 radical (unpaired) electrons. The van der Waals surface area contributed by atoms with Crippen LogP contribution in [0.15, 0.2) is 42.5 Å². The van der Waals surface area contributed by atoms with Crippen LogP contribution in [0.4, 0.5) is 5.13 Å². The van der Waals surface area contributed by atoms with Gasteiger partial charge in [-0.3, -0.25) is 9.59 Å². The lowest BCUT2D eigenvalue weighted by Crippen LogP contribution is -2.48. The molecule has 0 spiro atoms. The number of hydrogen-bond donors (Lipinski definition) is 0. The Morgan fingerprint density at radius 1 is 1.10 bits per heavy atom. The normalized spacial score (nSPS) is 14.3. The molecule has 1 aliphatic heterocycles. The largest absolute Gasteiger partial charge is 0.427 e. The van der Waals surface area contributed by atoms with Gasteiger partial charge in [-0.2, -0.15) is 0 Å². The number of ether oxygens (including phenoxy) is 1. The molecule has 3 aromatic rings. The summed E-state index contributed by atoms with van der Waals surface area (Å²) in [5.41, 5.74) is 2.88. The molecule has 0 saturated carbocycles. The molecule has 0 unspecified atom stereocenters. The molecule has 0 aliphatic carbocycles. The molecule has 1 saturated heterocycles. The summed E-state index contributed by atoms with van der Waals surface area (Å²) in [6.45, 7) is 6.26. The van der Waals surface area contributed by atoms with Gasteiger partial charge in [0.25, 0.3) is 5.91 Å². The van der Waals surface area contributed by atoms with Crippen molar-refractivity contribution in [2.45, 2.75) is 20.3 Å². The van der Waals surface area contributed by atoms with E-state index < -0.39 is 5.97 Å². The number of nitrogens with zero attached hydrogens (tertiary/aromatic N) is 3. The third-order valence-electron chi connectivity index (χ3n) is 5.03. The van der Waals surface area contributed by atoms with Gasteiger partial charge >= 0.3 is 5.97 Å². The van der Waals surface area contributed by atoms with Gasteiger partial charge in [0.15, 0.2) is 5.13 Å². The van der Waals surface area contributed by atoms with E-state index in [1.807, 2.05) is 4.90 Å². The van der Waals surface area contributed by atoms with Crippen LogP contribution < -0.4 is 9.64 Å². The van der Waals surface area contributed by atoms with Crippen molar-refractivity contribution in [2.24, 2.45) is 0 Å². The molecule has 1 amide bonds. The number of esters is 1. The fourth-order valence-electron chi connectivity index (χ4n) is 3.45. The van der Waals surface area contributed by atoms with Crippen LogP contribution in [0.25, 0.3) is 10.2 Å². The number of fused-ring (bicyclic) bond motifs is 1. The number of anilines is 1. The third-order valence-corrected chi connectivity index (χ3v) is 6.11. The van der Waals surface area contributed by atoms with Crippen molar-refractivity contribution < 1.29 is 14.3 Å². The maximum Gasteiger partial charge on any atom is 0.308 e. The van der Waals surface area contributed by atoms with Gasteiger partial charge in [-0.05, 0) is 42.3 Å². The number of carbonyl (C=O) groups excluding carboxylic acids is 2. The van der Waals surface area contributed by atoms with E-state index >= 15 is 0 Å². The number of aromatic nitrogens is 1. The zero-order valence-electron chi connectivity index (χ0n) is 16.6. The SMILES string of the molecule is CCc1ccc2nc(N3CCN(C(=O)c4cccc(OC(C)=O)c4)CC3)sc2c1. The van der Waals surface area contributed by atoms with Crippen molar-refractivity contribution in [3.63, 3.8) is 0 Å². The third kappa shape index (κ3) is 4.24. The Morgan fingerprint density at radius 3 is 2.62 bits per heavy atom. The van der Waals surface area contributed by atoms with E-state index in [0.29, 0.717) is 24.4 Å². The van der Waals surface area contributed by atoms with Gasteiger partial charge in [0.2, 0.25) is 0 Å². The number of hydrogen-bond acceptors (Lipinski definition) is 6. The van der Waals surface area contributed by atoms with Crippen LogP contribution in [0, 0.1) is 0 Å². The molecule has 1 aromatic heterocycles. The number of thiazole rings is 1. The van der Waals surface area contributed by atoms with Crippen LogP contribution in [0.3, 0.4) is 0 Å². The molecule has 1 aliphatic rings. The minimum absolute atomic E-state index is 0.0458. The van der Waals surface area contributed by atoms with Gasteiger partial charge in [0.05, 0.1) is 10.2 Å². The average Bonchev–Trinajstić information content (AvgIpc) is 3.16. The minimum Gasteiger partial charge on any atom is -0.427 e. The van der Waals surface area contributed by atoms with Crippen molar-refractivity contribution >= 4 is 38.6 Å². The average molecular weight is 410 g/mol. The van der Waals surface area contributed by atoms with Gasteiger partial charge in [0.1, 0.15) is 5.75 Å². The standard InChI is InChI=1S/C22H23N3O3S/c1-3-16-7-8-19-20(13-16)29-22(23-19)25-11-9-24(10-12-25)21(27)17-5-4-6-18(14-17)28-15(2)26/h4-8,13-14H,3,9-12H2,1-2H3. The number of benzene rings is 2. The van der Waals surface area contributed by atoms with Crippen LogP contribution in [0.2, 0.25) is 0 Å². The van der Waals surface area contributed by atoms with E-state index in [-0.39, 0.29) is 5.91 Å². The lowest BCUT2D eigenvalue weighted by atomic mass is 10.1. The molecular weight excluding hydrogens is 386 g/mol. The molecule has 0 atom stereocenters. The summed E-state index contributed by atoms with van der Waals surface area (Å²) in [6.07, 6.45) is 1.02. The van der Waals surface area contributed by atoms with E-state index in [4.69, 9.17) is 9.72 Å². The van der Waals surface area contributed by atoms with Crippen molar-refractivity contribution in [3.05, 3.63) is 53.6 Å². The highest BCUT2D eigenvalue weighted by Gasteiger charge is 2.24.